The number of halogens is 1. The van der Waals surface area contributed by atoms with E-state index in [2.05, 4.69) is 31.7 Å². The minimum Gasteiger partial charge on any atom is -0.477 e. The van der Waals surface area contributed by atoms with Crippen molar-refractivity contribution >= 4 is 39.3 Å². The molecular formula is C21H17BrN4O3. The van der Waals surface area contributed by atoms with Gasteiger partial charge in [-0.2, -0.15) is 5.10 Å². The van der Waals surface area contributed by atoms with Gasteiger partial charge in [0, 0.05) is 10.2 Å². The molecule has 0 saturated carbocycles. The average Bonchev–Trinajstić information content (AvgIpc) is 3.11. The maximum absolute atomic E-state index is 12.9. The van der Waals surface area contributed by atoms with Crippen molar-refractivity contribution in [2.45, 2.75) is 13.0 Å². The summed E-state index contributed by atoms with van der Waals surface area (Å²) in [6.45, 7) is 1.94. The molecule has 1 amide bonds. The Morgan fingerprint density at radius 2 is 2.00 bits per heavy atom. The number of allylic oxidation sites excluding steroid dienone is 1. The molecule has 0 saturated heterocycles. The Morgan fingerprint density at radius 3 is 2.72 bits per heavy atom. The van der Waals surface area contributed by atoms with Crippen molar-refractivity contribution in [2.75, 3.05) is 10.6 Å². The van der Waals surface area contributed by atoms with E-state index < -0.39 is 12.0 Å². The van der Waals surface area contributed by atoms with E-state index in [0.717, 1.165) is 15.6 Å². The van der Waals surface area contributed by atoms with Crippen molar-refractivity contribution in [3.63, 3.8) is 0 Å². The smallest absolute Gasteiger partial charge is 0.352 e. The largest absolute Gasteiger partial charge is 0.477 e. The molecule has 8 heteroatoms. The first-order chi connectivity index (χ1) is 13.9. The standard InChI is InChI=1S/C21H17BrN4O3/c1-12-4-2-7-15(8-12)24-20(27)16-11-23-26-18(13-5-3-6-14(22)9-13)10-17(21(28)29)25-19(16)26/h2-11,18,25H,1H3,(H,24,27)(H,28,29)/t18-/m1/s1. The van der Waals surface area contributed by atoms with E-state index >= 15 is 0 Å². The number of amides is 1. The molecule has 2 aromatic carbocycles. The third-order valence-corrected chi connectivity index (χ3v) is 5.07. The topological polar surface area (TPSA) is 96.3 Å². The monoisotopic (exact) mass is 452 g/mol. The predicted octanol–water partition coefficient (Wildman–Crippen LogP) is 4.19. The van der Waals surface area contributed by atoms with Crippen LogP contribution < -0.4 is 10.6 Å². The number of nitrogens with one attached hydrogen (secondary N) is 2. The van der Waals surface area contributed by atoms with Crippen LogP contribution in [0.4, 0.5) is 11.5 Å². The number of hydrogen-bond donors (Lipinski definition) is 3. The summed E-state index contributed by atoms with van der Waals surface area (Å²) in [6.07, 6.45) is 3.02. The molecule has 2 heterocycles. The molecule has 0 bridgehead atoms. The van der Waals surface area contributed by atoms with Crippen LogP contribution in [0.5, 0.6) is 0 Å². The summed E-state index contributed by atoms with van der Waals surface area (Å²) in [7, 11) is 0. The van der Waals surface area contributed by atoms with Gasteiger partial charge in [-0.3, -0.25) is 4.79 Å². The highest BCUT2D eigenvalue weighted by molar-refractivity contribution is 9.10. The number of aromatic nitrogens is 2. The SMILES string of the molecule is Cc1cccc(NC(=O)c2cnn3c2NC(C(=O)O)=C[C@@H]3c2cccc(Br)c2)c1. The lowest BCUT2D eigenvalue weighted by molar-refractivity contribution is -0.132. The van der Waals surface area contributed by atoms with Crippen LogP contribution in [0.15, 0.2) is 71.0 Å². The molecule has 0 radical (unpaired) electrons. The van der Waals surface area contributed by atoms with E-state index in [1.54, 1.807) is 16.8 Å². The first-order valence-corrected chi connectivity index (χ1v) is 9.65. The Bertz CT molecular complexity index is 1150. The molecule has 7 nitrogen and oxygen atoms in total. The quantitative estimate of drug-likeness (QED) is 0.551. The molecule has 1 atom stereocenters. The van der Waals surface area contributed by atoms with E-state index in [0.29, 0.717) is 11.5 Å². The fourth-order valence-electron chi connectivity index (χ4n) is 3.24. The van der Waals surface area contributed by atoms with E-state index in [1.165, 1.54) is 6.20 Å². The number of nitrogens with zero attached hydrogens (tertiary/aromatic N) is 2. The van der Waals surface area contributed by atoms with Crippen LogP contribution in [0.1, 0.15) is 27.5 Å². The van der Waals surface area contributed by atoms with Gasteiger partial charge in [-0.15, -0.1) is 0 Å². The number of hydrogen-bond acceptors (Lipinski definition) is 4. The third kappa shape index (κ3) is 3.79. The van der Waals surface area contributed by atoms with Crippen molar-refractivity contribution in [3.8, 4) is 0 Å². The van der Waals surface area contributed by atoms with Crippen LogP contribution >= 0.6 is 15.9 Å². The van der Waals surface area contributed by atoms with Crippen molar-refractivity contribution in [1.82, 2.24) is 9.78 Å². The van der Waals surface area contributed by atoms with Crippen LogP contribution in [0.2, 0.25) is 0 Å². The molecular weight excluding hydrogens is 436 g/mol. The average molecular weight is 453 g/mol. The van der Waals surface area contributed by atoms with Gasteiger partial charge in [0.25, 0.3) is 5.91 Å². The minimum atomic E-state index is -1.11. The molecule has 29 heavy (non-hydrogen) atoms. The fourth-order valence-corrected chi connectivity index (χ4v) is 3.65. The van der Waals surface area contributed by atoms with Crippen LogP contribution in [0.25, 0.3) is 0 Å². The molecule has 1 aromatic heterocycles. The van der Waals surface area contributed by atoms with E-state index in [4.69, 9.17) is 0 Å². The molecule has 0 fully saturated rings. The van der Waals surface area contributed by atoms with Gasteiger partial charge in [0.05, 0.1) is 12.2 Å². The first kappa shape index (κ1) is 18.9. The second-order valence-corrected chi connectivity index (χ2v) is 7.60. The lowest BCUT2D eigenvalue weighted by Crippen LogP contribution is -2.25. The molecule has 3 aromatic rings. The Labute approximate surface area is 175 Å². The number of aliphatic carboxylic acids is 1. The van der Waals surface area contributed by atoms with Crippen LogP contribution in [0.3, 0.4) is 0 Å². The van der Waals surface area contributed by atoms with Gasteiger partial charge in [-0.1, -0.05) is 40.2 Å². The fraction of sp³-hybridized carbons (Fsp3) is 0.0952. The molecule has 3 N–H and O–H groups in total. The molecule has 0 aliphatic carbocycles. The molecule has 0 unspecified atom stereocenters. The Balaban J connectivity index is 1.73. The van der Waals surface area contributed by atoms with Crippen LogP contribution in [-0.2, 0) is 4.79 Å². The summed E-state index contributed by atoms with van der Waals surface area (Å²) in [5, 5.41) is 19.6. The maximum Gasteiger partial charge on any atom is 0.352 e. The number of carbonyl (C=O) groups is 2. The zero-order valence-electron chi connectivity index (χ0n) is 15.4. The second kappa shape index (κ2) is 7.56. The minimum absolute atomic E-state index is 0.00687. The van der Waals surface area contributed by atoms with Gasteiger partial charge < -0.3 is 15.7 Å². The molecule has 4 rings (SSSR count). The highest BCUT2D eigenvalue weighted by Crippen LogP contribution is 2.33. The molecule has 1 aliphatic rings. The highest BCUT2D eigenvalue weighted by Gasteiger charge is 2.29. The van der Waals surface area contributed by atoms with Crippen LogP contribution in [0, 0.1) is 6.92 Å². The summed E-state index contributed by atoms with van der Waals surface area (Å²) in [5.41, 5.74) is 2.77. The normalized spacial score (nSPS) is 15.1. The van der Waals surface area contributed by atoms with Crippen molar-refractivity contribution in [1.29, 1.82) is 0 Å². The molecule has 146 valence electrons. The maximum atomic E-state index is 12.9. The highest BCUT2D eigenvalue weighted by atomic mass is 79.9. The van der Waals surface area contributed by atoms with Gasteiger partial charge in [0.2, 0.25) is 0 Å². The summed E-state index contributed by atoms with van der Waals surface area (Å²) in [6, 6.07) is 14.5. The van der Waals surface area contributed by atoms with Crippen molar-refractivity contribution < 1.29 is 14.7 Å². The summed E-state index contributed by atoms with van der Waals surface area (Å²) in [4.78, 5) is 24.5. The lowest BCUT2D eigenvalue weighted by atomic mass is 10.0. The van der Waals surface area contributed by atoms with E-state index in [1.807, 2.05) is 49.4 Å². The second-order valence-electron chi connectivity index (χ2n) is 6.69. The Kier molecular flexibility index (Phi) is 4.94. The number of fused-ring (bicyclic) bond motifs is 1. The van der Waals surface area contributed by atoms with Crippen molar-refractivity contribution in [3.05, 3.63) is 87.7 Å². The van der Waals surface area contributed by atoms with Crippen molar-refractivity contribution in [2.24, 2.45) is 0 Å². The number of carbonyl (C=O) groups excluding carboxylic acids is 1. The lowest BCUT2D eigenvalue weighted by Gasteiger charge is -2.24. The number of carboxylic acid groups (broad SMARTS) is 1. The van der Waals surface area contributed by atoms with E-state index in [9.17, 15) is 14.7 Å². The molecule has 1 aliphatic heterocycles. The number of aryl methyl sites for hydroxylation is 1. The summed E-state index contributed by atoms with van der Waals surface area (Å²) >= 11 is 3.44. The first-order valence-electron chi connectivity index (χ1n) is 8.85. The Hall–Kier alpha value is -3.39. The number of carboxylic acids is 1. The van der Waals surface area contributed by atoms with Gasteiger partial charge in [0.1, 0.15) is 17.1 Å². The number of benzene rings is 2. The van der Waals surface area contributed by atoms with Gasteiger partial charge in [0.15, 0.2) is 0 Å². The van der Waals surface area contributed by atoms with Gasteiger partial charge in [-0.25, -0.2) is 9.48 Å². The predicted molar refractivity (Wildman–Crippen MR) is 113 cm³/mol. The Morgan fingerprint density at radius 1 is 1.21 bits per heavy atom. The van der Waals surface area contributed by atoms with Crippen LogP contribution in [-0.4, -0.2) is 26.8 Å². The third-order valence-electron chi connectivity index (χ3n) is 4.58. The zero-order valence-corrected chi connectivity index (χ0v) is 17.0. The van der Waals surface area contributed by atoms with Gasteiger partial charge >= 0.3 is 5.97 Å². The zero-order chi connectivity index (χ0) is 20.5. The molecule has 0 spiro atoms. The number of anilines is 2. The summed E-state index contributed by atoms with van der Waals surface area (Å²) in [5.74, 6) is -1.15. The number of rotatable bonds is 4. The van der Waals surface area contributed by atoms with Gasteiger partial charge in [-0.05, 0) is 48.4 Å². The van der Waals surface area contributed by atoms with E-state index in [-0.39, 0.29) is 17.2 Å². The summed E-state index contributed by atoms with van der Waals surface area (Å²) < 4.78 is 2.48.